The average molecular weight is 418 g/mol. The molecule has 2 N–H and O–H groups in total. The van der Waals surface area contributed by atoms with Gasteiger partial charge in [0.1, 0.15) is 6.54 Å². The molecule has 0 radical (unpaired) electrons. The fraction of sp³-hybridized carbons (Fsp3) is 0.318. The van der Waals surface area contributed by atoms with Gasteiger partial charge < -0.3 is 10.6 Å². The van der Waals surface area contributed by atoms with Crippen LogP contribution in [-0.2, 0) is 17.6 Å². The third kappa shape index (κ3) is 5.92. The molecule has 1 aliphatic carbocycles. The van der Waals surface area contributed by atoms with Gasteiger partial charge in [-0.3, -0.25) is 14.4 Å². The Morgan fingerprint density at radius 1 is 0.900 bits per heavy atom. The van der Waals surface area contributed by atoms with Gasteiger partial charge in [-0.1, -0.05) is 18.2 Å². The summed E-state index contributed by atoms with van der Waals surface area (Å²) < 4.78 is 36.7. The number of benzene rings is 2. The number of aryl methyl sites for hydroxylation is 2. The number of ketones is 1. The van der Waals surface area contributed by atoms with Gasteiger partial charge in [-0.2, -0.15) is 13.2 Å². The maximum absolute atomic E-state index is 12.4. The predicted octanol–water partition coefficient (Wildman–Crippen LogP) is 4.07. The van der Waals surface area contributed by atoms with Gasteiger partial charge in [0.05, 0.1) is 0 Å². The molecule has 2 aromatic rings. The lowest BCUT2D eigenvalue weighted by Crippen LogP contribution is -2.33. The van der Waals surface area contributed by atoms with Crippen LogP contribution in [-0.4, -0.2) is 30.3 Å². The van der Waals surface area contributed by atoms with E-state index in [0.717, 1.165) is 19.3 Å². The Balaban J connectivity index is 1.52. The van der Waals surface area contributed by atoms with Crippen molar-refractivity contribution in [2.75, 3.05) is 11.9 Å². The van der Waals surface area contributed by atoms with E-state index in [1.807, 2.05) is 12.1 Å². The largest absolute Gasteiger partial charge is 0.405 e. The van der Waals surface area contributed by atoms with Crippen molar-refractivity contribution in [2.45, 2.75) is 38.3 Å². The number of amides is 2. The van der Waals surface area contributed by atoms with Crippen molar-refractivity contribution in [1.29, 1.82) is 0 Å². The van der Waals surface area contributed by atoms with Crippen LogP contribution in [0.5, 0.6) is 0 Å². The minimum Gasteiger partial charge on any atom is -0.343 e. The molecule has 2 aromatic carbocycles. The summed E-state index contributed by atoms with van der Waals surface area (Å²) in [4.78, 5) is 36.3. The number of nitrogens with one attached hydrogen (secondary N) is 2. The fourth-order valence-electron chi connectivity index (χ4n) is 3.36. The van der Waals surface area contributed by atoms with Gasteiger partial charge >= 0.3 is 6.18 Å². The van der Waals surface area contributed by atoms with E-state index in [1.165, 1.54) is 35.4 Å². The zero-order valence-corrected chi connectivity index (χ0v) is 16.1. The highest BCUT2D eigenvalue weighted by Gasteiger charge is 2.28. The lowest BCUT2D eigenvalue weighted by Gasteiger charge is -2.10. The number of carbonyl (C=O) groups excluding carboxylic acids is 3. The molecule has 1 aliphatic rings. The molecule has 0 saturated carbocycles. The first-order valence-corrected chi connectivity index (χ1v) is 9.61. The van der Waals surface area contributed by atoms with Crippen LogP contribution in [0.15, 0.2) is 42.5 Å². The van der Waals surface area contributed by atoms with E-state index in [9.17, 15) is 27.6 Å². The summed E-state index contributed by atoms with van der Waals surface area (Å²) in [7, 11) is 0. The van der Waals surface area contributed by atoms with E-state index >= 15 is 0 Å². The molecule has 5 nitrogen and oxygen atoms in total. The molecule has 0 saturated heterocycles. The highest BCUT2D eigenvalue weighted by molar-refractivity contribution is 6.01. The Hall–Kier alpha value is -3.16. The molecule has 0 heterocycles. The van der Waals surface area contributed by atoms with Crippen LogP contribution in [0.25, 0.3) is 0 Å². The third-order valence-electron chi connectivity index (χ3n) is 4.86. The van der Waals surface area contributed by atoms with Crippen molar-refractivity contribution < 1.29 is 27.6 Å². The van der Waals surface area contributed by atoms with Crippen molar-refractivity contribution in [3.05, 3.63) is 64.7 Å². The number of fused-ring (bicyclic) bond motifs is 1. The van der Waals surface area contributed by atoms with Gasteiger partial charge in [0.25, 0.3) is 5.91 Å². The summed E-state index contributed by atoms with van der Waals surface area (Å²) in [5.74, 6) is -1.44. The summed E-state index contributed by atoms with van der Waals surface area (Å²) in [6.45, 7) is -1.44. The summed E-state index contributed by atoms with van der Waals surface area (Å²) in [5, 5.41) is 4.34. The molecule has 0 aliphatic heterocycles. The summed E-state index contributed by atoms with van der Waals surface area (Å²) >= 11 is 0. The smallest absolute Gasteiger partial charge is 0.343 e. The Morgan fingerprint density at radius 2 is 1.67 bits per heavy atom. The number of halogens is 3. The van der Waals surface area contributed by atoms with Crippen molar-refractivity contribution >= 4 is 23.3 Å². The molecule has 0 atom stereocenters. The SMILES string of the molecule is O=C(CCC(=O)c1ccc2c(c1)CCC2)Nc1cccc(C(=O)NCC(F)(F)F)c1. The highest BCUT2D eigenvalue weighted by atomic mass is 19.4. The molecule has 30 heavy (non-hydrogen) atoms. The van der Waals surface area contributed by atoms with Crippen LogP contribution >= 0.6 is 0 Å². The van der Waals surface area contributed by atoms with Crippen LogP contribution in [0, 0.1) is 0 Å². The van der Waals surface area contributed by atoms with Crippen LogP contribution in [0.1, 0.15) is 51.1 Å². The van der Waals surface area contributed by atoms with E-state index in [-0.39, 0.29) is 29.9 Å². The number of alkyl halides is 3. The molecule has 0 bridgehead atoms. The number of Topliss-reactive ketones (excluding diaryl/α,β-unsaturated/α-hetero) is 1. The Bertz CT molecular complexity index is 970. The van der Waals surface area contributed by atoms with Gasteiger partial charge in [0, 0.05) is 29.7 Å². The number of rotatable bonds is 7. The second-order valence-corrected chi connectivity index (χ2v) is 7.19. The standard InChI is InChI=1S/C22H21F3N2O3/c23-22(24,25)13-26-21(30)17-5-2-6-18(12-17)27-20(29)10-9-19(28)16-8-7-14-3-1-4-15(14)11-16/h2,5-8,11-12H,1,3-4,9-10,13H2,(H,26,30)(H,27,29). The molecule has 2 amide bonds. The van der Waals surface area contributed by atoms with E-state index in [4.69, 9.17) is 0 Å². The van der Waals surface area contributed by atoms with Gasteiger partial charge in [0.2, 0.25) is 5.91 Å². The minimum absolute atomic E-state index is 0.00809. The summed E-state index contributed by atoms with van der Waals surface area (Å²) in [5.41, 5.74) is 3.30. The fourth-order valence-corrected chi connectivity index (χ4v) is 3.36. The lowest BCUT2D eigenvalue weighted by atomic mass is 10.0. The first-order valence-electron chi connectivity index (χ1n) is 9.61. The summed E-state index contributed by atoms with van der Waals surface area (Å²) in [6.07, 6.45) is -1.43. The van der Waals surface area contributed by atoms with Crippen molar-refractivity contribution in [1.82, 2.24) is 5.32 Å². The molecule has 0 fully saturated rings. The zero-order chi connectivity index (χ0) is 21.7. The van der Waals surface area contributed by atoms with Crippen LogP contribution in [0.2, 0.25) is 0 Å². The second-order valence-electron chi connectivity index (χ2n) is 7.19. The van der Waals surface area contributed by atoms with Gasteiger partial charge in [-0.15, -0.1) is 0 Å². The van der Waals surface area contributed by atoms with E-state index in [1.54, 1.807) is 11.4 Å². The maximum atomic E-state index is 12.4. The molecule has 0 spiro atoms. The van der Waals surface area contributed by atoms with Gasteiger partial charge in [-0.05, 0) is 54.7 Å². The van der Waals surface area contributed by atoms with E-state index in [2.05, 4.69) is 5.32 Å². The Labute approximate surface area is 171 Å². The molecule has 0 aromatic heterocycles. The lowest BCUT2D eigenvalue weighted by molar-refractivity contribution is -0.123. The number of anilines is 1. The predicted molar refractivity (Wildman–Crippen MR) is 105 cm³/mol. The van der Waals surface area contributed by atoms with E-state index < -0.39 is 24.5 Å². The molecule has 0 unspecified atom stereocenters. The topological polar surface area (TPSA) is 75.3 Å². The van der Waals surface area contributed by atoms with Crippen molar-refractivity contribution in [3.63, 3.8) is 0 Å². The minimum atomic E-state index is -4.51. The monoisotopic (exact) mass is 418 g/mol. The average Bonchev–Trinajstić information content (AvgIpc) is 3.17. The third-order valence-corrected chi connectivity index (χ3v) is 4.86. The Morgan fingerprint density at radius 3 is 2.43 bits per heavy atom. The van der Waals surface area contributed by atoms with E-state index in [0.29, 0.717) is 5.56 Å². The normalized spacial score (nSPS) is 12.9. The van der Waals surface area contributed by atoms with Crippen LogP contribution < -0.4 is 10.6 Å². The molecule has 158 valence electrons. The van der Waals surface area contributed by atoms with Gasteiger partial charge in [-0.25, -0.2) is 0 Å². The van der Waals surface area contributed by atoms with Crippen molar-refractivity contribution in [3.8, 4) is 0 Å². The molecule has 3 rings (SSSR count). The highest BCUT2D eigenvalue weighted by Crippen LogP contribution is 2.23. The summed E-state index contributed by atoms with van der Waals surface area (Å²) in [6, 6.07) is 11.2. The van der Waals surface area contributed by atoms with Crippen LogP contribution in [0.4, 0.5) is 18.9 Å². The number of hydrogen-bond donors (Lipinski definition) is 2. The quantitative estimate of drug-likeness (QED) is 0.666. The van der Waals surface area contributed by atoms with Gasteiger partial charge in [0.15, 0.2) is 5.78 Å². The number of hydrogen-bond acceptors (Lipinski definition) is 3. The number of carbonyl (C=O) groups is 3. The second kappa shape index (κ2) is 9.11. The first-order chi connectivity index (χ1) is 14.2. The molecular formula is C22H21F3N2O3. The Kier molecular flexibility index (Phi) is 6.54. The van der Waals surface area contributed by atoms with Crippen LogP contribution in [0.3, 0.4) is 0 Å². The zero-order valence-electron chi connectivity index (χ0n) is 16.1. The maximum Gasteiger partial charge on any atom is 0.405 e. The molecular weight excluding hydrogens is 397 g/mol. The molecule has 8 heteroatoms. The van der Waals surface area contributed by atoms with Crippen molar-refractivity contribution in [2.24, 2.45) is 0 Å². The first kappa shape index (κ1) is 21.5.